The first kappa shape index (κ1) is 14.4. The fourth-order valence-corrected chi connectivity index (χ4v) is 2.23. The van der Waals surface area contributed by atoms with Crippen molar-refractivity contribution >= 4 is 17.8 Å². The molecule has 0 atom stereocenters. The molecule has 4 N–H and O–H groups in total. The molecular formula is C11H18N2O5. The standard InChI is InChI=1S/C11H18N2O5/c12-11(3-1-2-4-11)5-8(14)13(6-9(15)16)7-10(17)18/h1-7,12H2,(H,15,16)(H,17,18). The average molecular weight is 258 g/mol. The maximum atomic E-state index is 11.9. The molecule has 1 aliphatic carbocycles. The lowest BCUT2D eigenvalue weighted by molar-refractivity contribution is -0.149. The average Bonchev–Trinajstić information content (AvgIpc) is 2.62. The van der Waals surface area contributed by atoms with Crippen LogP contribution in [-0.2, 0) is 14.4 Å². The summed E-state index contributed by atoms with van der Waals surface area (Å²) in [5.41, 5.74) is 5.41. The highest BCUT2D eigenvalue weighted by Crippen LogP contribution is 2.30. The van der Waals surface area contributed by atoms with Crippen LogP contribution in [0.1, 0.15) is 32.1 Å². The van der Waals surface area contributed by atoms with Crippen LogP contribution in [0.15, 0.2) is 0 Å². The fraction of sp³-hybridized carbons (Fsp3) is 0.727. The van der Waals surface area contributed by atoms with Gasteiger partial charge in [0, 0.05) is 12.0 Å². The van der Waals surface area contributed by atoms with Crippen molar-refractivity contribution in [2.24, 2.45) is 5.73 Å². The summed E-state index contributed by atoms with van der Waals surface area (Å²) in [7, 11) is 0. The number of nitrogens with two attached hydrogens (primary N) is 1. The Balaban J connectivity index is 2.63. The molecule has 1 fully saturated rings. The Bertz CT molecular complexity index is 333. The number of nitrogens with zero attached hydrogens (tertiary/aromatic N) is 1. The van der Waals surface area contributed by atoms with Crippen molar-refractivity contribution in [3.05, 3.63) is 0 Å². The molecular weight excluding hydrogens is 240 g/mol. The maximum Gasteiger partial charge on any atom is 0.323 e. The second kappa shape index (κ2) is 5.81. The number of carboxylic acids is 2. The van der Waals surface area contributed by atoms with Gasteiger partial charge in [0.05, 0.1) is 0 Å². The van der Waals surface area contributed by atoms with Crippen LogP contribution in [0.2, 0.25) is 0 Å². The van der Waals surface area contributed by atoms with Gasteiger partial charge in [0.15, 0.2) is 0 Å². The van der Waals surface area contributed by atoms with Crippen molar-refractivity contribution in [2.75, 3.05) is 13.1 Å². The fourth-order valence-electron chi connectivity index (χ4n) is 2.23. The molecule has 7 nitrogen and oxygen atoms in total. The smallest absolute Gasteiger partial charge is 0.323 e. The second-order valence-electron chi connectivity index (χ2n) is 4.78. The number of hydrogen-bond donors (Lipinski definition) is 3. The Morgan fingerprint density at radius 3 is 1.89 bits per heavy atom. The molecule has 1 saturated carbocycles. The van der Waals surface area contributed by atoms with E-state index in [2.05, 4.69) is 0 Å². The number of amides is 1. The molecule has 0 saturated heterocycles. The Morgan fingerprint density at radius 1 is 1.06 bits per heavy atom. The monoisotopic (exact) mass is 258 g/mol. The summed E-state index contributed by atoms with van der Waals surface area (Å²) in [6.45, 7) is -1.22. The van der Waals surface area contributed by atoms with Crippen LogP contribution < -0.4 is 5.73 Å². The molecule has 1 rings (SSSR count). The summed E-state index contributed by atoms with van der Waals surface area (Å²) >= 11 is 0. The summed E-state index contributed by atoms with van der Waals surface area (Å²) in [5.74, 6) is -2.98. The van der Waals surface area contributed by atoms with E-state index in [-0.39, 0.29) is 6.42 Å². The molecule has 18 heavy (non-hydrogen) atoms. The Kier molecular flexibility index (Phi) is 4.66. The first-order valence-corrected chi connectivity index (χ1v) is 5.83. The normalized spacial score (nSPS) is 17.4. The number of carboxylic acid groups (broad SMARTS) is 2. The van der Waals surface area contributed by atoms with E-state index in [4.69, 9.17) is 15.9 Å². The van der Waals surface area contributed by atoms with Crippen molar-refractivity contribution < 1.29 is 24.6 Å². The highest BCUT2D eigenvalue weighted by molar-refractivity contribution is 5.85. The lowest BCUT2D eigenvalue weighted by Crippen LogP contribution is -2.46. The number of carbonyl (C=O) groups excluding carboxylic acids is 1. The van der Waals surface area contributed by atoms with Gasteiger partial charge < -0.3 is 20.8 Å². The van der Waals surface area contributed by atoms with E-state index >= 15 is 0 Å². The summed E-state index contributed by atoms with van der Waals surface area (Å²) in [5, 5.41) is 17.3. The van der Waals surface area contributed by atoms with Crippen LogP contribution in [0.5, 0.6) is 0 Å². The third kappa shape index (κ3) is 4.33. The van der Waals surface area contributed by atoms with E-state index in [0.29, 0.717) is 12.8 Å². The molecule has 0 aromatic carbocycles. The molecule has 0 aromatic rings. The lowest BCUT2D eigenvalue weighted by Gasteiger charge is -2.26. The number of hydrogen-bond acceptors (Lipinski definition) is 4. The minimum Gasteiger partial charge on any atom is -0.480 e. The molecule has 0 aromatic heterocycles. The summed E-state index contributed by atoms with van der Waals surface area (Å²) in [6.07, 6.45) is 3.33. The Labute approximate surface area is 105 Å². The highest BCUT2D eigenvalue weighted by atomic mass is 16.4. The van der Waals surface area contributed by atoms with E-state index in [9.17, 15) is 14.4 Å². The SMILES string of the molecule is NC1(CC(=O)N(CC(=O)O)CC(=O)O)CCCC1. The summed E-state index contributed by atoms with van der Waals surface area (Å²) in [4.78, 5) is 33.9. The molecule has 0 spiro atoms. The van der Waals surface area contributed by atoms with Gasteiger partial charge in [0.2, 0.25) is 5.91 Å². The molecule has 0 heterocycles. The van der Waals surface area contributed by atoms with Gasteiger partial charge in [0.1, 0.15) is 13.1 Å². The van der Waals surface area contributed by atoms with E-state index in [1.807, 2.05) is 0 Å². The minimum absolute atomic E-state index is 0.00750. The van der Waals surface area contributed by atoms with Crippen LogP contribution in [-0.4, -0.2) is 51.6 Å². The van der Waals surface area contributed by atoms with E-state index in [1.54, 1.807) is 0 Å². The van der Waals surface area contributed by atoms with Gasteiger partial charge >= 0.3 is 11.9 Å². The van der Waals surface area contributed by atoms with Crippen molar-refractivity contribution in [3.63, 3.8) is 0 Å². The van der Waals surface area contributed by atoms with Crippen LogP contribution >= 0.6 is 0 Å². The minimum atomic E-state index is -1.23. The molecule has 1 aliphatic rings. The van der Waals surface area contributed by atoms with Crippen molar-refractivity contribution in [2.45, 2.75) is 37.6 Å². The molecule has 0 bridgehead atoms. The summed E-state index contributed by atoms with van der Waals surface area (Å²) in [6, 6.07) is 0. The van der Waals surface area contributed by atoms with Crippen molar-refractivity contribution in [1.29, 1.82) is 0 Å². The first-order chi connectivity index (χ1) is 8.32. The number of rotatable bonds is 6. The molecule has 7 heteroatoms. The molecule has 102 valence electrons. The van der Waals surface area contributed by atoms with Crippen molar-refractivity contribution in [3.8, 4) is 0 Å². The van der Waals surface area contributed by atoms with E-state index in [1.165, 1.54) is 0 Å². The van der Waals surface area contributed by atoms with Crippen LogP contribution in [0.25, 0.3) is 0 Å². The zero-order chi connectivity index (χ0) is 13.8. The lowest BCUT2D eigenvalue weighted by atomic mass is 9.94. The zero-order valence-corrected chi connectivity index (χ0v) is 10.1. The largest absolute Gasteiger partial charge is 0.480 e. The van der Waals surface area contributed by atoms with Crippen LogP contribution in [0.3, 0.4) is 0 Å². The molecule has 0 radical (unpaired) electrons. The van der Waals surface area contributed by atoms with Gasteiger partial charge in [-0.25, -0.2) is 0 Å². The predicted molar refractivity (Wildman–Crippen MR) is 61.9 cm³/mol. The van der Waals surface area contributed by atoms with Gasteiger partial charge in [-0.1, -0.05) is 12.8 Å². The van der Waals surface area contributed by atoms with E-state index < -0.39 is 36.5 Å². The van der Waals surface area contributed by atoms with Crippen LogP contribution in [0.4, 0.5) is 0 Å². The number of carbonyl (C=O) groups is 3. The molecule has 0 aliphatic heterocycles. The van der Waals surface area contributed by atoms with Gasteiger partial charge in [0.25, 0.3) is 0 Å². The molecule has 1 amide bonds. The van der Waals surface area contributed by atoms with Crippen LogP contribution in [0, 0.1) is 0 Å². The molecule has 0 unspecified atom stereocenters. The van der Waals surface area contributed by atoms with E-state index in [0.717, 1.165) is 17.7 Å². The predicted octanol–water partition coefficient (Wildman–Crippen LogP) is -0.354. The highest BCUT2D eigenvalue weighted by Gasteiger charge is 2.34. The zero-order valence-electron chi connectivity index (χ0n) is 10.1. The third-order valence-corrected chi connectivity index (χ3v) is 3.11. The number of aliphatic carboxylic acids is 2. The quantitative estimate of drug-likeness (QED) is 0.598. The van der Waals surface area contributed by atoms with Gasteiger partial charge in [-0.3, -0.25) is 14.4 Å². The maximum absolute atomic E-state index is 11.9. The van der Waals surface area contributed by atoms with Gasteiger partial charge in [-0.05, 0) is 12.8 Å². The third-order valence-electron chi connectivity index (χ3n) is 3.11. The summed E-state index contributed by atoms with van der Waals surface area (Å²) < 4.78 is 0. The van der Waals surface area contributed by atoms with Crippen molar-refractivity contribution in [1.82, 2.24) is 4.90 Å². The van der Waals surface area contributed by atoms with Gasteiger partial charge in [-0.15, -0.1) is 0 Å². The Morgan fingerprint density at radius 2 is 1.50 bits per heavy atom. The first-order valence-electron chi connectivity index (χ1n) is 5.83. The Hall–Kier alpha value is -1.63. The topological polar surface area (TPSA) is 121 Å². The second-order valence-corrected chi connectivity index (χ2v) is 4.78. The van der Waals surface area contributed by atoms with Gasteiger partial charge in [-0.2, -0.15) is 0 Å².